The molecule has 0 radical (unpaired) electrons. The first kappa shape index (κ1) is 17.4. The lowest BCUT2D eigenvalue weighted by atomic mass is 9.74. The van der Waals surface area contributed by atoms with Crippen LogP contribution >= 0.6 is 0 Å². The molecule has 6 heteroatoms. The number of carbonyl (C=O) groups excluding carboxylic acids is 1. The summed E-state index contributed by atoms with van der Waals surface area (Å²) >= 11 is 0. The summed E-state index contributed by atoms with van der Waals surface area (Å²) in [5.41, 5.74) is 0.581. The molecule has 1 atom stereocenters. The van der Waals surface area contributed by atoms with Crippen LogP contribution in [0.3, 0.4) is 0 Å². The topological polar surface area (TPSA) is 76.4 Å². The van der Waals surface area contributed by atoms with Gasteiger partial charge in [-0.25, -0.2) is 0 Å². The lowest BCUT2D eigenvalue weighted by Gasteiger charge is -2.35. The van der Waals surface area contributed by atoms with Crippen LogP contribution < -0.4 is 10.6 Å². The minimum Gasteiger partial charge on any atom is -0.381 e. The van der Waals surface area contributed by atoms with Gasteiger partial charge < -0.3 is 19.9 Å². The molecule has 2 aliphatic rings. The van der Waals surface area contributed by atoms with Crippen molar-refractivity contribution in [3.05, 3.63) is 17.5 Å². The first-order valence-electron chi connectivity index (χ1n) is 9.11. The van der Waals surface area contributed by atoms with Crippen LogP contribution in [0.4, 0.5) is 0 Å². The fourth-order valence-corrected chi connectivity index (χ4v) is 3.58. The number of nitrogens with one attached hydrogen (secondary N) is 2. The number of piperidine rings is 1. The third-order valence-electron chi connectivity index (χ3n) is 5.15. The van der Waals surface area contributed by atoms with E-state index in [0.29, 0.717) is 18.3 Å². The van der Waals surface area contributed by atoms with E-state index in [4.69, 9.17) is 9.26 Å². The van der Waals surface area contributed by atoms with Crippen LogP contribution in [0.2, 0.25) is 0 Å². The maximum absolute atomic E-state index is 12.9. The van der Waals surface area contributed by atoms with Gasteiger partial charge >= 0.3 is 0 Å². The van der Waals surface area contributed by atoms with Gasteiger partial charge in [-0.2, -0.15) is 0 Å². The molecule has 0 aromatic carbocycles. The van der Waals surface area contributed by atoms with E-state index in [1.165, 1.54) is 0 Å². The maximum Gasteiger partial charge on any atom is 0.226 e. The highest BCUT2D eigenvalue weighted by Gasteiger charge is 2.40. The average Bonchev–Trinajstić information content (AvgIpc) is 3.24. The minimum atomic E-state index is -0.386. The van der Waals surface area contributed by atoms with E-state index in [0.717, 1.165) is 63.6 Å². The predicted molar refractivity (Wildman–Crippen MR) is 90.8 cm³/mol. The van der Waals surface area contributed by atoms with Crippen molar-refractivity contribution in [2.75, 3.05) is 32.8 Å². The van der Waals surface area contributed by atoms with Gasteiger partial charge in [0.2, 0.25) is 5.91 Å². The van der Waals surface area contributed by atoms with Gasteiger partial charge in [0.15, 0.2) is 0 Å². The van der Waals surface area contributed by atoms with Crippen LogP contribution in [-0.4, -0.2) is 43.9 Å². The van der Waals surface area contributed by atoms with Crippen molar-refractivity contribution in [2.24, 2.45) is 11.3 Å². The summed E-state index contributed by atoms with van der Waals surface area (Å²) in [4.78, 5) is 12.9. The van der Waals surface area contributed by atoms with Gasteiger partial charge in [0.25, 0.3) is 0 Å². The number of amides is 1. The molecular formula is C18H29N3O3. The zero-order chi connectivity index (χ0) is 17.0. The Bertz CT molecular complexity index is 543. The van der Waals surface area contributed by atoms with Gasteiger partial charge in [-0.05, 0) is 38.3 Å². The molecule has 3 heterocycles. The van der Waals surface area contributed by atoms with Crippen LogP contribution in [0.5, 0.6) is 0 Å². The van der Waals surface area contributed by atoms with Crippen LogP contribution in [0.25, 0.3) is 0 Å². The molecule has 2 fully saturated rings. The van der Waals surface area contributed by atoms with E-state index >= 15 is 0 Å². The second-order valence-electron chi connectivity index (χ2n) is 7.59. The number of hydrogen-bond acceptors (Lipinski definition) is 5. The summed E-state index contributed by atoms with van der Waals surface area (Å²) in [6.45, 7) is 8.19. The third kappa shape index (κ3) is 3.98. The van der Waals surface area contributed by atoms with Crippen molar-refractivity contribution >= 4 is 5.91 Å². The highest BCUT2D eigenvalue weighted by molar-refractivity contribution is 5.83. The highest BCUT2D eigenvalue weighted by atomic mass is 16.5. The molecule has 2 N–H and O–H groups in total. The minimum absolute atomic E-state index is 0.153. The maximum atomic E-state index is 12.9. The van der Waals surface area contributed by atoms with Gasteiger partial charge in [-0.15, -0.1) is 0 Å². The van der Waals surface area contributed by atoms with Crippen LogP contribution in [0.1, 0.15) is 50.5 Å². The van der Waals surface area contributed by atoms with E-state index in [9.17, 15) is 4.79 Å². The average molecular weight is 335 g/mol. The van der Waals surface area contributed by atoms with Gasteiger partial charge in [0, 0.05) is 31.6 Å². The van der Waals surface area contributed by atoms with Crippen molar-refractivity contribution in [1.82, 2.24) is 15.8 Å². The van der Waals surface area contributed by atoms with Crippen molar-refractivity contribution in [3.63, 3.8) is 0 Å². The second-order valence-corrected chi connectivity index (χ2v) is 7.59. The van der Waals surface area contributed by atoms with E-state index in [2.05, 4.69) is 29.6 Å². The molecule has 2 saturated heterocycles. The molecular weight excluding hydrogens is 306 g/mol. The van der Waals surface area contributed by atoms with E-state index < -0.39 is 0 Å². The SMILES string of the molecule is CC(C)CNC(=O)C1(Cc2cc([C@H]3CCOC3)no2)CCNCC1. The smallest absolute Gasteiger partial charge is 0.226 e. The summed E-state index contributed by atoms with van der Waals surface area (Å²) in [6, 6.07) is 2.03. The monoisotopic (exact) mass is 335 g/mol. The van der Waals surface area contributed by atoms with Crippen LogP contribution in [0, 0.1) is 11.3 Å². The fourth-order valence-electron chi connectivity index (χ4n) is 3.58. The Hall–Kier alpha value is -1.40. The summed E-state index contributed by atoms with van der Waals surface area (Å²) in [5, 5.41) is 10.7. The number of nitrogens with zero attached hydrogens (tertiary/aromatic N) is 1. The molecule has 0 aliphatic carbocycles. The lowest BCUT2D eigenvalue weighted by molar-refractivity contribution is -0.133. The largest absolute Gasteiger partial charge is 0.381 e. The zero-order valence-corrected chi connectivity index (χ0v) is 14.8. The fraction of sp³-hybridized carbons (Fsp3) is 0.778. The third-order valence-corrected chi connectivity index (χ3v) is 5.15. The molecule has 2 aliphatic heterocycles. The lowest BCUT2D eigenvalue weighted by Crippen LogP contribution is -2.49. The van der Waals surface area contributed by atoms with Gasteiger partial charge in [0.05, 0.1) is 17.7 Å². The molecule has 0 bridgehead atoms. The molecule has 3 rings (SSSR count). The molecule has 1 aromatic rings. The quantitative estimate of drug-likeness (QED) is 0.830. The van der Waals surface area contributed by atoms with Crippen molar-refractivity contribution in [1.29, 1.82) is 0 Å². The molecule has 0 unspecified atom stereocenters. The first-order valence-corrected chi connectivity index (χ1v) is 9.11. The van der Waals surface area contributed by atoms with Gasteiger partial charge in [0.1, 0.15) is 5.76 Å². The van der Waals surface area contributed by atoms with E-state index in [1.54, 1.807) is 0 Å². The van der Waals surface area contributed by atoms with Crippen molar-refractivity contribution in [2.45, 2.75) is 45.4 Å². The van der Waals surface area contributed by atoms with Crippen LogP contribution in [0.15, 0.2) is 10.6 Å². The Morgan fingerprint density at radius 1 is 1.46 bits per heavy atom. The number of hydrogen-bond donors (Lipinski definition) is 2. The highest BCUT2D eigenvalue weighted by Crippen LogP contribution is 2.34. The Morgan fingerprint density at radius 3 is 2.92 bits per heavy atom. The molecule has 1 aromatic heterocycles. The standard InChI is InChI=1S/C18H29N3O3/c1-13(2)11-20-17(22)18(4-6-19-7-5-18)10-15-9-16(21-24-15)14-3-8-23-12-14/h9,13-14,19H,3-8,10-12H2,1-2H3,(H,20,22)/t14-/m0/s1. The molecule has 6 nitrogen and oxygen atoms in total. The zero-order valence-electron chi connectivity index (χ0n) is 14.8. The Balaban J connectivity index is 1.70. The summed E-state index contributed by atoms with van der Waals surface area (Å²) in [5.74, 6) is 1.76. The number of rotatable bonds is 6. The number of carbonyl (C=O) groups is 1. The van der Waals surface area contributed by atoms with Crippen molar-refractivity contribution in [3.8, 4) is 0 Å². The molecule has 0 saturated carbocycles. The van der Waals surface area contributed by atoms with Gasteiger partial charge in [-0.1, -0.05) is 19.0 Å². The van der Waals surface area contributed by atoms with Crippen molar-refractivity contribution < 1.29 is 14.1 Å². The molecule has 134 valence electrons. The van der Waals surface area contributed by atoms with Crippen LogP contribution in [-0.2, 0) is 16.0 Å². The number of ether oxygens (including phenoxy) is 1. The van der Waals surface area contributed by atoms with Gasteiger partial charge in [-0.3, -0.25) is 4.79 Å². The predicted octanol–water partition coefficient (Wildman–Crippen LogP) is 1.86. The molecule has 0 spiro atoms. The Morgan fingerprint density at radius 2 is 2.25 bits per heavy atom. The second kappa shape index (κ2) is 7.66. The van der Waals surface area contributed by atoms with E-state index in [1.807, 2.05) is 6.07 Å². The summed E-state index contributed by atoms with van der Waals surface area (Å²) in [7, 11) is 0. The first-order chi connectivity index (χ1) is 11.6. The summed E-state index contributed by atoms with van der Waals surface area (Å²) in [6.07, 6.45) is 3.29. The van der Waals surface area contributed by atoms with E-state index in [-0.39, 0.29) is 11.3 Å². The molecule has 1 amide bonds. The molecule has 24 heavy (non-hydrogen) atoms. The number of aromatic nitrogens is 1. The Labute approximate surface area is 143 Å². The summed E-state index contributed by atoms with van der Waals surface area (Å²) < 4.78 is 11.0. The normalized spacial score (nSPS) is 23.5. The Kier molecular flexibility index (Phi) is 5.56.